The summed E-state index contributed by atoms with van der Waals surface area (Å²) < 4.78 is 28.8. The van der Waals surface area contributed by atoms with Gasteiger partial charge in [-0.25, -0.2) is 8.42 Å². The molecule has 5 rings (SSSR count). The molecule has 3 aromatic carbocycles. The zero-order chi connectivity index (χ0) is 19.8. The lowest BCUT2D eigenvalue weighted by Gasteiger charge is -2.32. The average Bonchev–Trinajstić information content (AvgIpc) is 2.79. The number of hydrogen-bond acceptors (Lipinski definition) is 3. The van der Waals surface area contributed by atoms with E-state index in [0.717, 1.165) is 27.6 Å². The van der Waals surface area contributed by atoms with E-state index in [1.807, 2.05) is 60.7 Å². The molecule has 0 saturated carbocycles. The molecule has 2 heterocycles. The van der Waals surface area contributed by atoms with E-state index in [1.54, 1.807) is 30.5 Å². The normalized spacial score (nSPS) is 13.8. The van der Waals surface area contributed by atoms with Crippen LogP contribution in [0, 0.1) is 0 Å². The van der Waals surface area contributed by atoms with Crippen LogP contribution in [0.2, 0.25) is 0 Å². The zero-order valence-electron chi connectivity index (χ0n) is 15.6. The van der Waals surface area contributed by atoms with Gasteiger partial charge < -0.3 is 0 Å². The molecule has 0 atom stereocenters. The molecule has 4 aromatic rings. The smallest absolute Gasteiger partial charge is 0.261 e. The standard InChI is InChI=1S/C24H18N2O2S/c27-29(28,21-10-5-2-6-11-21)26-17-20(18-8-3-1-4-9-18)16-19-13-14-23-22(24(19)26)12-7-15-25-23/h1-16H,17H2. The summed E-state index contributed by atoms with van der Waals surface area (Å²) in [7, 11) is -3.74. The third kappa shape index (κ3) is 3.00. The van der Waals surface area contributed by atoms with Gasteiger partial charge in [-0.05, 0) is 53.1 Å². The summed E-state index contributed by atoms with van der Waals surface area (Å²) in [6, 6.07) is 26.1. The van der Waals surface area contributed by atoms with Gasteiger partial charge in [0, 0.05) is 11.6 Å². The molecular weight excluding hydrogens is 380 g/mol. The second kappa shape index (κ2) is 6.87. The SMILES string of the molecule is O=S(=O)(c1ccccc1)N1CC(c2ccccc2)=Cc2ccc3ncccc3c21. The first kappa shape index (κ1) is 17.6. The summed E-state index contributed by atoms with van der Waals surface area (Å²) in [5, 5.41) is 0.827. The van der Waals surface area contributed by atoms with Crippen LogP contribution in [-0.4, -0.2) is 19.9 Å². The molecule has 0 unspecified atom stereocenters. The topological polar surface area (TPSA) is 50.3 Å². The van der Waals surface area contributed by atoms with E-state index < -0.39 is 10.0 Å². The van der Waals surface area contributed by atoms with Crippen molar-refractivity contribution in [2.75, 3.05) is 10.8 Å². The molecule has 0 radical (unpaired) electrons. The van der Waals surface area contributed by atoms with Crippen molar-refractivity contribution >= 4 is 38.3 Å². The molecule has 0 bridgehead atoms. The van der Waals surface area contributed by atoms with Crippen LogP contribution in [0.3, 0.4) is 0 Å². The average molecular weight is 398 g/mol. The van der Waals surface area contributed by atoms with E-state index in [0.29, 0.717) is 5.69 Å². The van der Waals surface area contributed by atoms with Crippen LogP contribution in [-0.2, 0) is 10.0 Å². The molecule has 1 aliphatic rings. The number of rotatable bonds is 3. The fourth-order valence-electron chi connectivity index (χ4n) is 3.77. The minimum absolute atomic E-state index is 0.266. The van der Waals surface area contributed by atoms with Gasteiger partial charge in [0.05, 0.1) is 22.6 Å². The third-order valence-corrected chi connectivity index (χ3v) is 6.92. The van der Waals surface area contributed by atoms with Crippen LogP contribution in [0.25, 0.3) is 22.6 Å². The Morgan fingerprint density at radius 1 is 0.793 bits per heavy atom. The van der Waals surface area contributed by atoms with Crippen LogP contribution in [0.15, 0.2) is 96.0 Å². The zero-order valence-corrected chi connectivity index (χ0v) is 16.4. The largest absolute Gasteiger partial charge is 0.264 e. The number of pyridine rings is 1. The van der Waals surface area contributed by atoms with Crippen LogP contribution in [0.5, 0.6) is 0 Å². The molecule has 0 saturated heterocycles. The predicted octanol–water partition coefficient (Wildman–Crippen LogP) is 4.98. The van der Waals surface area contributed by atoms with Gasteiger partial charge >= 0.3 is 0 Å². The van der Waals surface area contributed by atoms with Gasteiger partial charge in [0.15, 0.2) is 0 Å². The van der Waals surface area contributed by atoms with Crippen molar-refractivity contribution in [1.29, 1.82) is 0 Å². The highest BCUT2D eigenvalue weighted by Gasteiger charge is 2.31. The van der Waals surface area contributed by atoms with Crippen molar-refractivity contribution in [3.8, 4) is 0 Å². The quantitative estimate of drug-likeness (QED) is 0.489. The van der Waals surface area contributed by atoms with Crippen molar-refractivity contribution in [2.24, 2.45) is 0 Å². The molecule has 0 amide bonds. The number of anilines is 1. The van der Waals surface area contributed by atoms with E-state index in [1.165, 1.54) is 4.31 Å². The molecule has 4 nitrogen and oxygen atoms in total. The molecular formula is C24H18N2O2S. The van der Waals surface area contributed by atoms with Gasteiger partial charge in [-0.15, -0.1) is 0 Å². The van der Waals surface area contributed by atoms with Crippen molar-refractivity contribution in [1.82, 2.24) is 4.98 Å². The lowest BCUT2D eigenvalue weighted by atomic mass is 9.96. The molecule has 0 N–H and O–H groups in total. The molecule has 29 heavy (non-hydrogen) atoms. The number of aromatic nitrogens is 1. The van der Waals surface area contributed by atoms with Gasteiger partial charge in [-0.3, -0.25) is 9.29 Å². The minimum Gasteiger partial charge on any atom is -0.261 e. The first-order valence-electron chi connectivity index (χ1n) is 9.36. The molecule has 1 aromatic heterocycles. The fourth-order valence-corrected chi connectivity index (χ4v) is 5.28. The molecule has 5 heteroatoms. The van der Waals surface area contributed by atoms with Crippen LogP contribution < -0.4 is 4.31 Å². The highest BCUT2D eigenvalue weighted by molar-refractivity contribution is 7.92. The third-order valence-electron chi connectivity index (χ3n) is 5.16. The van der Waals surface area contributed by atoms with Crippen molar-refractivity contribution in [3.05, 3.63) is 102 Å². The number of fused-ring (bicyclic) bond motifs is 3. The molecule has 0 aliphatic carbocycles. The maximum atomic E-state index is 13.6. The predicted molar refractivity (Wildman–Crippen MR) is 117 cm³/mol. The van der Waals surface area contributed by atoms with Crippen molar-refractivity contribution < 1.29 is 8.42 Å². The monoisotopic (exact) mass is 398 g/mol. The Hall–Kier alpha value is -3.44. The summed E-state index contributed by atoms with van der Waals surface area (Å²) >= 11 is 0. The summed E-state index contributed by atoms with van der Waals surface area (Å²) in [5.74, 6) is 0. The van der Waals surface area contributed by atoms with E-state index in [4.69, 9.17) is 0 Å². The lowest BCUT2D eigenvalue weighted by molar-refractivity contribution is 0.593. The summed E-state index contributed by atoms with van der Waals surface area (Å²) in [4.78, 5) is 4.69. The molecule has 1 aliphatic heterocycles. The Morgan fingerprint density at radius 2 is 1.52 bits per heavy atom. The highest BCUT2D eigenvalue weighted by Crippen LogP contribution is 2.40. The Kier molecular flexibility index (Phi) is 4.18. The maximum Gasteiger partial charge on any atom is 0.264 e. The van der Waals surface area contributed by atoms with Gasteiger partial charge in [-0.1, -0.05) is 54.6 Å². The molecule has 0 spiro atoms. The second-order valence-corrected chi connectivity index (χ2v) is 8.80. The first-order valence-corrected chi connectivity index (χ1v) is 10.8. The Bertz CT molecular complexity index is 1330. The van der Waals surface area contributed by atoms with E-state index in [-0.39, 0.29) is 11.4 Å². The van der Waals surface area contributed by atoms with Gasteiger partial charge in [0.1, 0.15) is 0 Å². The second-order valence-electron chi connectivity index (χ2n) is 6.93. The summed E-state index contributed by atoms with van der Waals surface area (Å²) in [6.45, 7) is 0.266. The number of benzene rings is 3. The van der Waals surface area contributed by atoms with Gasteiger partial charge in [-0.2, -0.15) is 0 Å². The number of sulfonamides is 1. The lowest BCUT2D eigenvalue weighted by Crippen LogP contribution is -2.35. The first-order chi connectivity index (χ1) is 14.1. The van der Waals surface area contributed by atoms with Crippen molar-refractivity contribution in [2.45, 2.75) is 4.90 Å². The molecule has 0 fully saturated rings. The van der Waals surface area contributed by atoms with Crippen LogP contribution in [0.4, 0.5) is 5.69 Å². The van der Waals surface area contributed by atoms with Crippen molar-refractivity contribution in [3.63, 3.8) is 0 Å². The Labute approximate surface area is 169 Å². The van der Waals surface area contributed by atoms with E-state index in [9.17, 15) is 8.42 Å². The van der Waals surface area contributed by atoms with Gasteiger partial charge in [0.25, 0.3) is 10.0 Å². The number of nitrogens with zero attached hydrogens (tertiary/aromatic N) is 2. The maximum absolute atomic E-state index is 13.6. The fraction of sp³-hybridized carbons (Fsp3) is 0.0417. The Balaban J connectivity index is 1.78. The Morgan fingerprint density at radius 3 is 2.28 bits per heavy atom. The van der Waals surface area contributed by atoms with Gasteiger partial charge in [0.2, 0.25) is 0 Å². The summed E-state index contributed by atoms with van der Waals surface area (Å²) in [6.07, 6.45) is 3.80. The van der Waals surface area contributed by atoms with Crippen LogP contribution in [0.1, 0.15) is 11.1 Å². The highest BCUT2D eigenvalue weighted by atomic mass is 32.2. The van der Waals surface area contributed by atoms with E-state index in [2.05, 4.69) is 11.1 Å². The minimum atomic E-state index is -3.74. The summed E-state index contributed by atoms with van der Waals surface area (Å²) in [5.41, 5.74) is 4.30. The van der Waals surface area contributed by atoms with Crippen LogP contribution >= 0.6 is 0 Å². The molecule has 142 valence electrons. The van der Waals surface area contributed by atoms with E-state index >= 15 is 0 Å². The number of hydrogen-bond donors (Lipinski definition) is 0.